The van der Waals surface area contributed by atoms with E-state index in [4.69, 9.17) is 11.6 Å². The van der Waals surface area contributed by atoms with E-state index in [9.17, 15) is 4.39 Å². The van der Waals surface area contributed by atoms with Crippen LogP contribution in [0.5, 0.6) is 0 Å². The van der Waals surface area contributed by atoms with Crippen molar-refractivity contribution in [2.45, 2.75) is 18.9 Å². The van der Waals surface area contributed by atoms with Crippen LogP contribution in [-0.4, -0.2) is 53.9 Å². The minimum Gasteiger partial charge on any atom is -0.351 e. The summed E-state index contributed by atoms with van der Waals surface area (Å²) in [5, 5.41) is 5.29. The number of hydrazine groups is 1. The Morgan fingerprint density at radius 3 is 2.85 bits per heavy atom. The molecule has 4 rings (SSSR count). The number of nitrogens with zero attached hydrogens (tertiary/aromatic N) is 5. The molecule has 2 aromatic rings. The molecule has 2 aliphatic rings. The highest BCUT2D eigenvalue weighted by Gasteiger charge is 2.21. The number of halogens is 2. The van der Waals surface area contributed by atoms with Gasteiger partial charge >= 0.3 is 0 Å². The molecule has 27 heavy (non-hydrogen) atoms. The summed E-state index contributed by atoms with van der Waals surface area (Å²) in [6.07, 6.45) is 5.64. The number of aromatic nitrogens is 2. The molecular formula is C18H21ClFN7. The molecule has 3 heterocycles. The first-order valence-corrected chi connectivity index (χ1v) is 9.27. The number of anilines is 3. The van der Waals surface area contributed by atoms with E-state index in [1.165, 1.54) is 12.1 Å². The number of benzene rings is 1. The second-order valence-electron chi connectivity index (χ2n) is 6.82. The van der Waals surface area contributed by atoms with Gasteiger partial charge in [0.2, 0.25) is 5.95 Å². The first-order chi connectivity index (χ1) is 13.1. The molecule has 0 atom stereocenters. The fraction of sp³-hybridized carbons (Fsp3) is 0.389. The lowest BCUT2D eigenvalue weighted by Gasteiger charge is -2.30. The molecule has 0 radical (unpaired) electrons. The molecule has 1 saturated heterocycles. The average Bonchev–Trinajstić information content (AvgIpc) is 2.67. The lowest BCUT2D eigenvalue weighted by Crippen LogP contribution is -2.37. The fourth-order valence-electron chi connectivity index (χ4n) is 3.19. The Balaban J connectivity index is 1.52. The van der Waals surface area contributed by atoms with Gasteiger partial charge in [0.15, 0.2) is 5.82 Å². The number of aliphatic imine (C=N–C) groups is 1. The van der Waals surface area contributed by atoms with Gasteiger partial charge in [0, 0.05) is 18.5 Å². The highest BCUT2D eigenvalue weighted by molar-refractivity contribution is 6.31. The number of nitrogens with one attached hydrogen (secondary N) is 2. The van der Waals surface area contributed by atoms with Gasteiger partial charge in [0.1, 0.15) is 12.5 Å². The summed E-state index contributed by atoms with van der Waals surface area (Å²) in [5.41, 5.74) is 4.66. The van der Waals surface area contributed by atoms with Crippen LogP contribution in [0.3, 0.4) is 0 Å². The summed E-state index contributed by atoms with van der Waals surface area (Å²) in [6, 6.07) is 4.85. The van der Waals surface area contributed by atoms with E-state index < -0.39 is 5.82 Å². The van der Waals surface area contributed by atoms with Crippen molar-refractivity contribution in [1.82, 2.24) is 14.9 Å². The maximum Gasteiger partial charge on any atom is 0.224 e. The molecule has 9 heteroatoms. The van der Waals surface area contributed by atoms with Crippen molar-refractivity contribution in [2.75, 3.05) is 42.6 Å². The van der Waals surface area contributed by atoms with E-state index in [0.29, 0.717) is 24.3 Å². The summed E-state index contributed by atoms with van der Waals surface area (Å²) in [6.45, 7) is 2.51. The van der Waals surface area contributed by atoms with Crippen molar-refractivity contribution < 1.29 is 4.39 Å². The Hall–Kier alpha value is -2.45. The van der Waals surface area contributed by atoms with Crippen LogP contribution in [0.15, 0.2) is 29.4 Å². The molecule has 0 amide bonds. The first kappa shape index (κ1) is 17.9. The second-order valence-corrected chi connectivity index (χ2v) is 7.22. The molecule has 1 aromatic carbocycles. The van der Waals surface area contributed by atoms with Crippen molar-refractivity contribution in [3.63, 3.8) is 0 Å². The van der Waals surface area contributed by atoms with Gasteiger partial charge in [0.05, 0.1) is 16.3 Å². The monoisotopic (exact) mass is 389 g/mol. The summed E-state index contributed by atoms with van der Waals surface area (Å²) in [7, 11) is 2.14. The van der Waals surface area contributed by atoms with Crippen LogP contribution in [0, 0.1) is 5.82 Å². The van der Waals surface area contributed by atoms with Crippen LogP contribution in [-0.2, 0) is 0 Å². The topological polar surface area (TPSA) is 68.7 Å². The van der Waals surface area contributed by atoms with Gasteiger partial charge < -0.3 is 10.2 Å². The largest absolute Gasteiger partial charge is 0.351 e. The minimum absolute atomic E-state index is 0.0630. The van der Waals surface area contributed by atoms with Crippen LogP contribution in [0.4, 0.5) is 21.8 Å². The van der Waals surface area contributed by atoms with E-state index in [1.807, 2.05) is 0 Å². The first-order valence-electron chi connectivity index (χ1n) is 8.90. The molecule has 0 unspecified atom stereocenters. The van der Waals surface area contributed by atoms with E-state index in [0.717, 1.165) is 37.3 Å². The predicted octanol–water partition coefficient (Wildman–Crippen LogP) is 3.00. The maximum atomic E-state index is 13.4. The zero-order chi connectivity index (χ0) is 18.8. The molecule has 1 fully saturated rings. The van der Waals surface area contributed by atoms with Crippen LogP contribution in [0.25, 0.3) is 0 Å². The number of piperidine rings is 1. The molecule has 0 aliphatic carbocycles. The van der Waals surface area contributed by atoms with Crippen molar-refractivity contribution >= 4 is 35.3 Å². The highest BCUT2D eigenvalue weighted by atomic mass is 35.5. The summed E-state index contributed by atoms with van der Waals surface area (Å²) < 4.78 is 13.4. The smallest absolute Gasteiger partial charge is 0.224 e. The molecule has 142 valence electrons. The molecular weight excluding hydrogens is 369 g/mol. The van der Waals surface area contributed by atoms with Gasteiger partial charge in [-0.05, 0) is 51.2 Å². The van der Waals surface area contributed by atoms with E-state index >= 15 is 0 Å². The summed E-state index contributed by atoms with van der Waals surface area (Å²) in [4.78, 5) is 15.7. The zero-order valence-electron chi connectivity index (χ0n) is 15.0. The van der Waals surface area contributed by atoms with E-state index in [2.05, 4.69) is 37.7 Å². The standard InChI is InChI=1S/C18H21ClFN7/c1-26-6-4-13(5-7-26)23-18-22-10-12-9-21-11-27(17(12)24-18)25-14-2-3-16(20)15(19)8-14/h2-3,8-10,13,25H,4-7,11H2,1H3,(H,22,23,24). The van der Waals surface area contributed by atoms with E-state index in [-0.39, 0.29) is 5.02 Å². The molecule has 1 aromatic heterocycles. The van der Waals surface area contributed by atoms with Gasteiger partial charge in [-0.1, -0.05) is 11.6 Å². The Morgan fingerprint density at radius 2 is 2.07 bits per heavy atom. The van der Waals surface area contributed by atoms with Crippen LogP contribution in [0.2, 0.25) is 5.02 Å². The molecule has 2 N–H and O–H groups in total. The molecule has 0 spiro atoms. The third kappa shape index (κ3) is 4.12. The third-order valence-electron chi connectivity index (χ3n) is 4.74. The zero-order valence-corrected chi connectivity index (χ0v) is 15.7. The fourth-order valence-corrected chi connectivity index (χ4v) is 3.37. The number of fused-ring (bicyclic) bond motifs is 1. The Morgan fingerprint density at radius 1 is 1.26 bits per heavy atom. The van der Waals surface area contributed by atoms with Crippen molar-refractivity contribution in [2.24, 2.45) is 4.99 Å². The summed E-state index contributed by atoms with van der Waals surface area (Å²) >= 11 is 5.87. The number of hydrogen-bond acceptors (Lipinski definition) is 7. The van der Waals surface area contributed by atoms with Crippen molar-refractivity contribution in [1.29, 1.82) is 0 Å². The average molecular weight is 390 g/mol. The Bertz CT molecular complexity index is 852. The van der Waals surface area contributed by atoms with Gasteiger partial charge in [-0.15, -0.1) is 0 Å². The van der Waals surface area contributed by atoms with Crippen LogP contribution >= 0.6 is 11.6 Å². The number of likely N-dealkylation sites (tertiary alicyclic amines) is 1. The van der Waals surface area contributed by atoms with Gasteiger partial charge in [-0.3, -0.25) is 10.4 Å². The second kappa shape index (κ2) is 7.66. The Kier molecular flexibility index (Phi) is 5.09. The number of hydrogen-bond donors (Lipinski definition) is 2. The maximum absolute atomic E-state index is 13.4. The van der Waals surface area contributed by atoms with Crippen molar-refractivity contribution in [3.05, 3.63) is 40.8 Å². The predicted molar refractivity (Wildman–Crippen MR) is 106 cm³/mol. The summed E-state index contributed by atoms with van der Waals surface area (Å²) in [5.74, 6) is 0.865. The SMILES string of the molecule is CN1CCC(Nc2ncc3c(n2)N(Nc2ccc(F)c(Cl)c2)CN=C3)CC1. The normalized spacial score (nSPS) is 17.7. The third-order valence-corrected chi connectivity index (χ3v) is 5.03. The molecule has 0 saturated carbocycles. The molecule has 7 nitrogen and oxygen atoms in total. The van der Waals surface area contributed by atoms with Gasteiger partial charge in [0.25, 0.3) is 0 Å². The van der Waals surface area contributed by atoms with Gasteiger partial charge in [-0.25, -0.2) is 14.4 Å². The number of rotatable bonds is 4. The Labute approximate surface area is 162 Å². The van der Waals surface area contributed by atoms with Crippen molar-refractivity contribution in [3.8, 4) is 0 Å². The quantitative estimate of drug-likeness (QED) is 0.837. The van der Waals surface area contributed by atoms with Crippen LogP contribution in [0.1, 0.15) is 18.4 Å². The molecule has 2 aliphatic heterocycles. The molecule has 0 bridgehead atoms. The van der Waals surface area contributed by atoms with E-state index in [1.54, 1.807) is 23.5 Å². The lowest BCUT2D eigenvalue weighted by atomic mass is 10.1. The minimum atomic E-state index is -0.453. The van der Waals surface area contributed by atoms with Crippen LogP contribution < -0.4 is 15.8 Å². The van der Waals surface area contributed by atoms with Gasteiger partial charge in [-0.2, -0.15) is 4.98 Å². The lowest BCUT2D eigenvalue weighted by molar-refractivity contribution is 0.263. The highest BCUT2D eigenvalue weighted by Crippen LogP contribution is 2.25.